The molecule has 92 valence electrons. The molecule has 5 nitrogen and oxygen atoms in total. The van der Waals surface area contributed by atoms with Crippen molar-refractivity contribution in [1.29, 1.82) is 0 Å². The predicted molar refractivity (Wildman–Crippen MR) is 67.3 cm³/mol. The summed E-state index contributed by atoms with van der Waals surface area (Å²) in [5, 5.41) is 14.1. The Bertz CT molecular complexity index is 419. The van der Waals surface area contributed by atoms with Crippen LogP contribution in [0.4, 0.5) is 5.69 Å². The molecular weight excluding hydrogens is 288 g/mol. The minimum Gasteiger partial charge on any atom is -0.483 e. The van der Waals surface area contributed by atoms with Gasteiger partial charge in [0.25, 0.3) is 0 Å². The molecule has 0 saturated carbocycles. The molecule has 1 heterocycles. The Kier molecular flexibility index (Phi) is 3.96. The van der Waals surface area contributed by atoms with Crippen molar-refractivity contribution in [3.8, 4) is 5.75 Å². The number of nitrogens with one attached hydrogen (secondary N) is 1. The number of nitro groups is 1. The monoisotopic (exact) mass is 300 g/mol. The topological polar surface area (TPSA) is 64.4 Å². The molecule has 0 unspecified atom stereocenters. The van der Waals surface area contributed by atoms with E-state index in [0.717, 1.165) is 25.9 Å². The number of nitrogens with zero attached hydrogens (tertiary/aromatic N) is 1. The van der Waals surface area contributed by atoms with Crippen LogP contribution in [0.1, 0.15) is 12.8 Å². The molecule has 0 spiro atoms. The van der Waals surface area contributed by atoms with Gasteiger partial charge in [-0.1, -0.05) is 15.9 Å². The second-order valence-electron chi connectivity index (χ2n) is 3.94. The highest BCUT2D eigenvalue weighted by molar-refractivity contribution is 9.10. The molecule has 0 bridgehead atoms. The quantitative estimate of drug-likeness (QED) is 0.688. The van der Waals surface area contributed by atoms with E-state index in [-0.39, 0.29) is 11.8 Å². The van der Waals surface area contributed by atoms with Gasteiger partial charge in [0.1, 0.15) is 6.10 Å². The fourth-order valence-electron chi connectivity index (χ4n) is 1.83. The summed E-state index contributed by atoms with van der Waals surface area (Å²) in [6.07, 6.45) is 1.83. The first kappa shape index (κ1) is 12.3. The van der Waals surface area contributed by atoms with E-state index in [2.05, 4.69) is 21.2 Å². The van der Waals surface area contributed by atoms with Gasteiger partial charge in [-0.25, -0.2) is 0 Å². The van der Waals surface area contributed by atoms with Gasteiger partial charge in [-0.2, -0.15) is 0 Å². The summed E-state index contributed by atoms with van der Waals surface area (Å²) < 4.78 is 6.38. The van der Waals surface area contributed by atoms with Crippen LogP contribution in [-0.4, -0.2) is 24.1 Å². The fraction of sp³-hybridized carbons (Fsp3) is 0.455. The van der Waals surface area contributed by atoms with Crippen LogP contribution in [0.5, 0.6) is 5.75 Å². The molecule has 0 atom stereocenters. The number of rotatable bonds is 3. The lowest BCUT2D eigenvalue weighted by atomic mass is 10.1. The van der Waals surface area contributed by atoms with Crippen molar-refractivity contribution in [1.82, 2.24) is 5.32 Å². The Morgan fingerprint density at radius 3 is 2.76 bits per heavy atom. The SMILES string of the molecule is O=[N+]([O-])c1cc(Br)ccc1OC1CCNCC1. The van der Waals surface area contributed by atoms with Crippen molar-refractivity contribution in [2.24, 2.45) is 0 Å². The average Bonchev–Trinajstić information content (AvgIpc) is 2.32. The Labute approximate surface area is 107 Å². The van der Waals surface area contributed by atoms with Gasteiger partial charge in [-0.15, -0.1) is 0 Å². The van der Waals surface area contributed by atoms with E-state index in [9.17, 15) is 10.1 Å². The summed E-state index contributed by atoms with van der Waals surface area (Å²) >= 11 is 3.22. The van der Waals surface area contributed by atoms with Gasteiger partial charge in [0.05, 0.1) is 4.92 Å². The summed E-state index contributed by atoms with van der Waals surface area (Å²) in [5.41, 5.74) is 0.0120. The lowest BCUT2D eigenvalue weighted by Gasteiger charge is -2.23. The molecule has 1 aliphatic rings. The molecule has 1 aromatic carbocycles. The van der Waals surface area contributed by atoms with Crippen molar-refractivity contribution < 1.29 is 9.66 Å². The van der Waals surface area contributed by atoms with Gasteiger partial charge < -0.3 is 10.1 Å². The number of nitro benzene ring substituents is 1. The average molecular weight is 301 g/mol. The van der Waals surface area contributed by atoms with E-state index < -0.39 is 4.92 Å². The summed E-state index contributed by atoms with van der Waals surface area (Å²) in [7, 11) is 0. The second kappa shape index (κ2) is 5.46. The van der Waals surface area contributed by atoms with E-state index in [4.69, 9.17) is 4.74 Å². The molecule has 0 amide bonds. The molecule has 17 heavy (non-hydrogen) atoms. The maximum Gasteiger partial charge on any atom is 0.312 e. The third kappa shape index (κ3) is 3.17. The van der Waals surface area contributed by atoms with Gasteiger partial charge in [0, 0.05) is 10.5 Å². The third-order valence-corrected chi connectivity index (χ3v) is 3.19. The maximum absolute atomic E-state index is 10.9. The molecular formula is C11H13BrN2O3. The van der Waals surface area contributed by atoms with Crippen molar-refractivity contribution >= 4 is 21.6 Å². The zero-order valence-electron chi connectivity index (χ0n) is 9.19. The third-order valence-electron chi connectivity index (χ3n) is 2.70. The second-order valence-corrected chi connectivity index (χ2v) is 4.85. The number of ether oxygens (including phenoxy) is 1. The van der Waals surface area contributed by atoms with Crippen LogP contribution in [0.25, 0.3) is 0 Å². The number of benzene rings is 1. The first-order valence-electron chi connectivity index (χ1n) is 5.48. The highest BCUT2D eigenvalue weighted by Gasteiger charge is 2.20. The first-order valence-corrected chi connectivity index (χ1v) is 6.27. The molecule has 0 aromatic heterocycles. The Hall–Kier alpha value is -1.14. The Balaban J connectivity index is 2.16. The van der Waals surface area contributed by atoms with Crippen LogP contribution in [0.2, 0.25) is 0 Å². The molecule has 1 fully saturated rings. The van der Waals surface area contributed by atoms with E-state index in [1.807, 2.05) is 0 Å². The van der Waals surface area contributed by atoms with Crippen LogP contribution < -0.4 is 10.1 Å². The van der Waals surface area contributed by atoms with Crippen molar-refractivity contribution in [2.45, 2.75) is 18.9 Å². The van der Waals surface area contributed by atoms with Crippen molar-refractivity contribution in [3.05, 3.63) is 32.8 Å². The number of halogens is 1. The minimum absolute atomic E-state index is 0.0120. The summed E-state index contributed by atoms with van der Waals surface area (Å²) in [4.78, 5) is 10.5. The minimum atomic E-state index is -0.416. The van der Waals surface area contributed by atoms with E-state index in [0.29, 0.717) is 10.2 Å². The van der Waals surface area contributed by atoms with Gasteiger partial charge in [-0.05, 0) is 38.1 Å². The van der Waals surface area contributed by atoms with Gasteiger partial charge >= 0.3 is 5.69 Å². The van der Waals surface area contributed by atoms with E-state index in [1.54, 1.807) is 12.1 Å². The number of piperidine rings is 1. The van der Waals surface area contributed by atoms with E-state index >= 15 is 0 Å². The van der Waals surface area contributed by atoms with Gasteiger partial charge in [-0.3, -0.25) is 10.1 Å². The molecule has 2 rings (SSSR count). The zero-order chi connectivity index (χ0) is 12.3. The van der Waals surface area contributed by atoms with Crippen LogP contribution >= 0.6 is 15.9 Å². The lowest BCUT2D eigenvalue weighted by Crippen LogP contribution is -2.34. The summed E-state index contributed by atoms with van der Waals surface area (Å²) in [6.45, 7) is 1.80. The first-order chi connectivity index (χ1) is 8.16. The zero-order valence-corrected chi connectivity index (χ0v) is 10.8. The molecule has 0 radical (unpaired) electrons. The summed E-state index contributed by atoms with van der Waals surface area (Å²) in [5.74, 6) is 0.352. The van der Waals surface area contributed by atoms with E-state index in [1.165, 1.54) is 6.07 Å². The van der Waals surface area contributed by atoms with Crippen molar-refractivity contribution in [3.63, 3.8) is 0 Å². The van der Waals surface area contributed by atoms with Gasteiger partial charge in [0.2, 0.25) is 0 Å². The molecule has 1 aromatic rings. The Morgan fingerprint density at radius 2 is 2.12 bits per heavy atom. The summed E-state index contributed by atoms with van der Waals surface area (Å²) in [6, 6.07) is 4.87. The van der Waals surface area contributed by atoms with Crippen LogP contribution in [0.3, 0.4) is 0 Å². The van der Waals surface area contributed by atoms with Gasteiger partial charge in [0.15, 0.2) is 5.75 Å². The lowest BCUT2D eigenvalue weighted by molar-refractivity contribution is -0.386. The molecule has 0 aliphatic carbocycles. The molecule has 1 aliphatic heterocycles. The van der Waals surface area contributed by atoms with Crippen LogP contribution in [0.15, 0.2) is 22.7 Å². The van der Waals surface area contributed by atoms with Crippen LogP contribution in [-0.2, 0) is 0 Å². The normalized spacial score (nSPS) is 16.8. The largest absolute Gasteiger partial charge is 0.483 e. The highest BCUT2D eigenvalue weighted by Crippen LogP contribution is 2.31. The molecule has 6 heteroatoms. The fourth-order valence-corrected chi connectivity index (χ4v) is 2.17. The Morgan fingerprint density at radius 1 is 1.41 bits per heavy atom. The maximum atomic E-state index is 10.9. The highest BCUT2D eigenvalue weighted by atomic mass is 79.9. The smallest absolute Gasteiger partial charge is 0.312 e. The number of hydrogen-bond acceptors (Lipinski definition) is 4. The number of hydrogen-bond donors (Lipinski definition) is 1. The predicted octanol–water partition coefficient (Wildman–Crippen LogP) is 2.49. The molecule has 1 saturated heterocycles. The molecule has 1 N–H and O–H groups in total. The van der Waals surface area contributed by atoms with Crippen molar-refractivity contribution in [2.75, 3.05) is 13.1 Å². The standard InChI is InChI=1S/C11H13BrN2O3/c12-8-1-2-11(10(7-8)14(15)16)17-9-3-5-13-6-4-9/h1-2,7,9,13H,3-6H2. The van der Waals surface area contributed by atoms with Crippen LogP contribution in [0, 0.1) is 10.1 Å².